The van der Waals surface area contributed by atoms with Crippen LogP contribution in [0.2, 0.25) is 0 Å². The van der Waals surface area contributed by atoms with E-state index in [9.17, 15) is 0 Å². The van der Waals surface area contributed by atoms with Crippen molar-refractivity contribution in [3.8, 4) is 0 Å². The molecule has 0 amide bonds. The van der Waals surface area contributed by atoms with Gasteiger partial charge in [0.25, 0.3) is 0 Å². The Kier molecular flexibility index (Phi) is 2.43. The van der Waals surface area contributed by atoms with Crippen molar-refractivity contribution in [1.29, 1.82) is 0 Å². The summed E-state index contributed by atoms with van der Waals surface area (Å²) in [5.74, 6) is 0. The highest BCUT2D eigenvalue weighted by Crippen LogP contribution is 2.29. The summed E-state index contributed by atoms with van der Waals surface area (Å²) in [6, 6.07) is 5.11. The van der Waals surface area contributed by atoms with E-state index in [4.69, 9.17) is 0 Å². The average molecular weight is 195 g/mol. The highest BCUT2D eigenvalue weighted by molar-refractivity contribution is 7.10. The fourth-order valence-electron chi connectivity index (χ4n) is 1.77. The molecule has 13 heavy (non-hydrogen) atoms. The molecule has 0 bridgehead atoms. The second-order valence-electron chi connectivity index (χ2n) is 4.37. The normalized spacial score (nSPS) is 18.6. The number of hydrogen-bond donors (Lipinski definition) is 1. The molecule has 0 spiro atoms. The largest absolute Gasteiger partial charge is 0.304 e. The second-order valence-corrected chi connectivity index (χ2v) is 5.32. The molecule has 1 aliphatic carbocycles. The number of rotatable bonds is 3. The molecule has 0 saturated heterocycles. The van der Waals surface area contributed by atoms with Gasteiger partial charge in [-0.25, -0.2) is 0 Å². The highest BCUT2D eigenvalue weighted by Gasteiger charge is 2.27. The predicted octanol–water partition coefficient (Wildman–Crippen LogP) is 3.13. The van der Waals surface area contributed by atoms with E-state index in [2.05, 4.69) is 36.7 Å². The Balaban J connectivity index is 2.02. The first kappa shape index (κ1) is 9.22. The zero-order valence-electron chi connectivity index (χ0n) is 8.34. The number of thiophene rings is 1. The van der Waals surface area contributed by atoms with Crippen molar-refractivity contribution in [3.05, 3.63) is 22.4 Å². The zero-order valence-corrected chi connectivity index (χ0v) is 9.16. The molecule has 0 aromatic carbocycles. The first-order valence-corrected chi connectivity index (χ1v) is 5.88. The predicted molar refractivity (Wildman–Crippen MR) is 58.1 cm³/mol. The third kappa shape index (κ3) is 1.94. The van der Waals surface area contributed by atoms with Crippen LogP contribution in [-0.4, -0.2) is 6.04 Å². The zero-order chi connectivity index (χ0) is 9.31. The van der Waals surface area contributed by atoms with Crippen molar-refractivity contribution in [1.82, 2.24) is 5.32 Å². The lowest BCUT2D eigenvalue weighted by atomic mass is 9.89. The van der Waals surface area contributed by atoms with Gasteiger partial charge in [0.05, 0.1) is 0 Å². The maximum atomic E-state index is 3.71. The van der Waals surface area contributed by atoms with Crippen LogP contribution in [0.1, 0.15) is 38.0 Å². The molecule has 0 radical (unpaired) electrons. The van der Waals surface area contributed by atoms with E-state index in [1.165, 1.54) is 24.1 Å². The SMILES string of the molecule is CC(C)(NC1CCC1)c1cccs1. The third-order valence-corrected chi connectivity index (χ3v) is 4.00. The Labute approximate surface area is 84.2 Å². The van der Waals surface area contributed by atoms with Crippen molar-refractivity contribution < 1.29 is 0 Å². The monoisotopic (exact) mass is 195 g/mol. The van der Waals surface area contributed by atoms with Gasteiger partial charge in [0.15, 0.2) is 0 Å². The molecule has 1 aromatic rings. The standard InChI is InChI=1S/C11H17NS/c1-11(2,10-7-4-8-13-10)12-9-5-3-6-9/h4,7-9,12H,3,5-6H2,1-2H3. The molecule has 2 rings (SSSR count). The summed E-state index contributed by atoms with van der Waals surface area (Å²) in [6.07, 6.45) is 4.11. The van der Waals surface area contributed by atoms with Gasteiger partial charge in [0.2, 0.25) is 0 Å². The van der Waals surface area contributed by atoms with E-state index >= 15 is 0 Å². The van der Waals surface area contributed by atoms with Crippen molar-refractivity contribution in [2.45, 2.75) is 44.7 Å². The quantitative estimate of drug-likeness (QED) is 0.781. The van der Waals surface area contributed by atoms with Gasteiger partial charge >= 0.3 is 0 Å². The lowest BCUT2D eigenvalue weighted by Crippen LogP contribution is -2.46. The lowest BCUT2D eigenvalue weighted by molar-refractivity contribution is 0.257. The minimum Gasteiger partial charge on any atom is -0.304 e. The molecule has 72 valence electrons. The van der Waals surface area contributed by atoms with Gasteiger partial charge in [0.1, 0.15) is 0 Å². The van der Waals surface area contributed by atoms with E-state index in [1.807, 2.05) is 11.3 Å². The lowest BCUT2D eigenvalue weighted by Gasteiger charge is -2.36. The summed E-state index contributed by atoms with van der Waals surface area (Å²) in [5, 5.41) is 5.86. The summed E-state index contributed by atoms with van der Waals surface area (Å²) in [4.78, 5) is 1.44. The summed E-state index contributed by atoms with van der Waals surface area (Å²) < 4.78 is 0. The first-order chi connectivity index (χ1) is 6.18. The van der Waals surface area contributed by atoms with Gasteiger partial charge in [-0.05, 0) is 38.1 Å². The van der Waals surface area contributed by atoms with E-state index in [-0.39, 0.29) is 5.54 Å². The molecule has 1 saturated carbocycles. The fraction of sp³-hybridized carbons (Fsp3) is 0.636. The summed E-state index contributed by atoms with van der Waals surface area (Å²) in [6.45, 7) is 4.55. The third-order valence-electron chi connectivity index (χ3n) is 2.81. The van der Waals surface area contributed by atoms with Gasteiger partial charge < -0.3 is 5.32 Å². The van der Waals surface area contributed by atoms with Crippen LogP contribution in [-0.2, 0) is 5.54 Å². The van der Waals surface area contributed by atoms with E-state index in [0.29, 0.717) is 0 Å². The molecular formula is C11H17NS. The minimum atomic E-state index is 0.166. The van der Waals surface area contributed by atoms with E-state index < -0.39 is 0 Å². The van der Waals surface area contributed by atoms with Crippen LogP contribution in [0, 0.1) is 0 Å². The fourth-order valence-corrected chi connectivity index (χ4v) is 2.58. The Bertz CT molecular complexity index is 260. The Hall–Kier alpha value is -0.340. The molecule has 1 fully saturated rings. The van der Waals surface area contributed by atoms with Crippen LogP contribution in [0.25, 0.3) is 0 Å². The van der Waals surface area contributed by atoms with Crippen LogP contribution in [0.3, 0.4) is 0 Å². The van der Waals surface area contributed by atoms with Gasteiger partial charge in [0, 0.05) is 16.5 Å². The molecule has 0 aliphatic heterocycles. The molecule has 1 aromatic heterocycles. The molecule has 1 heterocycles. The first-order valence-electron chi connectivity index (χ1n) is 5.00. The summed E-state index contributed by atoms with van der Waals surface area (Å²) >= 11 is 1.84. The highest BCUT2D eigenvalue weighted by atomic mass is 32.1. The smallest absolute Gasteiger partial charge is 0.0473 e. The molecular weight excluding hydrogens is 178 g/mol. The van der Waals surface area contributed by atoms with E-state index in [1.54, 1.807) is 0 Å². The molecule has 2 heteroatoms. The second kappa shape index (κ2) is 3.43. The molecule has 0 atom stereocenters. The Morgan fingerprint density at radius 2 is 2.23 bits per heavy atom. The molecule has 1 N–H and O–H groups in total. The van der Waals surface area contributed by atoms with Crippen molar-refractivity contribution in [2.24, 2.45) is 0 Å². The van der Waals surface area contributed by atoms with Crippen LogP contribution in [0.5, 0.6) is 0 Å². The summed E-state index contributed by atoms with van der Waals surface area (Å²) in [5.41, 5.74) is 0.166. The maximum Gasteiger partial charge on any atom is 0.0473 e. The molecule has 1 nitrogen and oxygen atoms in total. The van der Waals surface area contributed by atoms with Gasteiger partial charge in [-0.15, -0.1) is 11.3 Å². The number of hydrogen-bond acceptors (Lipinski definition) is 2. The maximum absolute atomic E-state index is 3.71. The van der Waals surface area contributed by atoms with Gasteiger partial charge in [-0.2, -0.15) is 0 Å². The van der Waals surface area contributed by atoms with E-state index in [0.717, 1.165) is 6.04 Å². The van der Waals surface area contributed by atoms with Crippen LogP contribution in [0.4, 0.5) is 0 Å². The molecule has 1 aliphatic rings. The Morgan fingerprint density at radius 3 is 2.69 bits per heavy atom. The summed E-state index contributed by atoms with van der Waals surface area (Å²) in [7, 11) is 0. The molecule has 0 unspecified atom stereocenters. The number of nitrogens with one attached hydrogen (secondary N) is 1. The van der Waals surface area contributed by atoms with Crippen molar-refractivity contribution in [3.63, 3.8) is 0 Å². The Morgan fingerprint density at radius 1 is 1.46 bits per heavy atom. The topological polar surface area (TPSA) is 12.0 Å². The average Bonchev–Trinajstić information content (AvgIpc) is 2.49. The van der Waals surface area contributed by atoms with Crippen LogP contribution >= 0.6 is 11.3 Å². The van der Waals surface area contributed by atoms with Crippen molar-refractivity contribution >= 4 is 11.3 Å². The van der Waals surface area contributed by atoms with Crippen LogP contribution in [0.15, 0.2) is 17.5 Å². The van der Waals surface area contributed by atoms with Crippen LogP contribution < -0.4 is 5.32 Å². The minimum absolute atomic E-state index is 0.166. The van der Waals surface area contributed by atoms with Gasteiger partial charge in [-0.3, -0.25) is 0 Å². The van der Waals surface area contributed by atoms with Gasteiger partial charge in [-0.1, -0.05) is 12.5 Å². The van der Waals surface area contributed by atoms with Crippen molar-refractivity contribution in [2.75, 3.05) is 0 Å².